The number of aromatic nitrogens is 2. The van der Waals surface area contributed by atoms with E-state index in [9.17, 15) is 9.90 Å². The maximum Gasteiger partial charge on any atom is 0.494 e. The molecule has 1 aliphatic heterocycles. The Kier molecular flexibility index (Phi) is 4.86. The quantitative estimate of drug-likeness (QED) is 0.779. The van der Waals surface area contributed by atoms with Gasteiger partial charge in [-0.1, -0.05) is 24.4 Å². The summed E-state index contributed by atoms with van der Waals surface area (Å²) in [6.45, 7) is 7.92. The van der Waals surface area contributed by atoms with Crippen LogP contribution in [0.1, 0.15) is 59.4 Å². The van der Waals surface area contributed by atoms with E-state index in [0.717, 1.165) is 19.3 Å². The first-order chi connectivity index (χ1) is 13.1. The van der Waals surface area contributed by atoms with Crippen molar-refractivity contribution in [2.75, 3.05) is 0 Å². The number of hydrogen-bond acceptors (Lipinski definition) is 5. The van der Waals surface area contributed by atoms with Crippen LogP contribution >= 0.6 is 11.6 Å². The van der Waals surface area contributed by atoms with E-state index in [1.54, 1.807) is 16.7 Å². The Morgan fingerprint density at radius 1 is 1.18 bits per heavy atom. The Bertz CT molecular complexity index is 959. The Morgan fingerprint density at radius 3 is 2.46 bits per heavy atom. The molecule has 0 amide bonds. The van der Waals surface area contributed by atoms with Gasteiger partial charge in [-0.25, -0.2) is 4.98 Å². The second kappa shape index (κ2) is 6.83. The molecule has 2 aliphatic rings. The van der Waals surface area contributed by atoms with E-state index in [2.05, 4.69) is 4.98 Å². The van der Waals surface area contributed by atoms with Gasteiger partial charge in [0, 0.05) is 0 Å². The lowest BCUT2D eigenvalue weighted by Gasteiger charge is -2.32. The molecule has 1 saturated carbocycles. The molecule has 0 unspecified atom stereocenters. The molecule has 0 bridgehead atoms. The van der Waals surface area contributed by atoms with Crippen LogP contribution in [0.4, 0.5) is 0 Å². The fourth-order valence-corrected chi connectivity index (χ4v) is 4.27. The second-order valence-electron chi connectivity index (χ2n) is 8.86. The summed E-state index contributed by atoms with van der Waals surface area (Å²) < 4.78 is 13.8. The van der Waals surface area contributed by atoms with Crippen LogP contribution in [0.25, 0.3) is 10.9 Å². The smallest absolute Gasteiger partial charge is 0.399 e. The summed E-state index contributed by atoms with van der Waals surface area (Å²) in [7, 11) is -0.611. The van der Waals surface area contributed by atoms with E-state index in [1.165, 1.54) is 6.33 Å². The van der Waals surface area contributed by atoms with Crippen molar-refractivity contribution in [3.05, 3.63) is 33.8 Å². The van der Waals surface area contributed by atoms with Crippen molar-refractivity contribution in [2.45, 2.75) is 76.7 Å². The van der Waals surface area contributed by atoms with Gasteiger partial charge in [0.15, 0.2) is 0 Å². The molecule has 2 fully saturated rings. The van der Waals surface area contributed by atoms with Gasteiger partial charge in [0.1, 0.15) is 0 Å². The van der Waals surface area contributed by atoms with Crippen LogP contribution in [0.3, 0.4) is 0 Å². The molecule has 4 rings (SSSR count). The highest BCUT2D eigenvalue weighted by atomic mass is 35.5. The monoisotopic (exact) mass is 404 g/mol. The third-order valence-electron chi connectivity index (χ3n) is 6.44. The molecular weight excluding hydrogens is 378 g/mol. The lowest BCUT2D eigenvalue weighted by atomic mass is 9.78. The van der Waals surface area contributed by atoms with E-state index in [-0.39, 0.29) is 11.6 Å². The van der Waals surface area contributed by atoms with E-state index < -0.39 is 24.4 Å². The molecule has 0 spiro atoms. The SMILES string of the molecule is CC1(C)OB(c2cc(Cl)c3ncn([C@H]4CCCC[C@@H]4O)c(=O)c3c2)OC1(C)C. The molecule has 2 heterocycles. The van der Waals surface area contributed by atoms with Gasteiger partial charge in [-0.3, -0.25) is 9.36 Å². The summed E-state index contributed by atoms with van der Waals surface area (Å²) in [5.41, 5.74) is -0.0253. The van der Waals surface area contributed by atoms with Gasteiger partial charge in [0.05, 0.1) is 45.6 Å². The molecule has 1 saturated heterocycles. The number of rotatable bonds is 2. The molecule has 0 radical (unpaired) electrons. The van der Waals surface area contributed by atoms with Gasteiger partial charge in [0.25, 0.3) is 5.56 Å². The zero-order valence-electron chi connectivity index (χ0n) is 16.7. The molecule has 2 aromatic rings. The fourth-order valence-electron chi connectivity index (χ4n) is 3.99. The molecule has 28 heavy (non-hydrogen) atoms. The van der Waals surface area contributed by atoms with Crippen molar-refractivity contribution in [1.82, 2.24) is 9.55 Å². The van der Waals surface area contributed by atoms with Gasteiger partial charge in [-0.2, -0.15) is 0 Å². The van der Waals surface area contributed by atoms with E-state index in [1.807, 2.05) is 27.7 Å². The van der Waals surface area contributed by atoms with Crippen molar-refractivity contribution in [1.29, 1.82) is 0 Å². The zero-order valence-corrected chi connectivity index (χ0v) is 17.5. The topological polar surface area (TPSA) is 73.6 Å². The standard InChI is InChI=1S/C20H26BClN2O4/c1-19(2)20(3,4)28-21(27-19)12-9-13-17(14(22)10-12)23-11-24(18(13)26)15-7-5-6-8-16(15)25/h9-11,15-16,25H,5-8H2,1-4H3/t15-,16-/m0/s1. The van der Waals surface area contributed by atoms with E-state index in [4.69, 9.17) is 20.9 Å². The van der Waals surface area contributed by atoms with E-state index >= 15 is 0 Å². The predicted molar refractivity (Wildman–Crippen MR) is 110 cm³/mol. The van der Waals surface area contributed by atoms with Gasteiger partial charge in [-0.15, -0.1) is 0 Å². The molecule has 150 valence electrons. The van der Waals surface area contributed by atoms with Crippen molar-refractivity contribution >= 4 is 35.1 Å². The first-order valence-corrected chi connectivity index (χ1v) is 10.2. The Morgan fingerprint density at radius 2 is 1.82 bits per heavy atom. The minimum absolute atomic E-state index is 0.198. The molecule has 1 aromatic carbocycles. The van der Waals surface area contributed by atoms with Gasteiger partial charge in [-0.05, 0) is 58.1 Å². The van der Waals surface area contributed by atoms with Gasteiger partial charge >= 0.3 is 7.12 Å². The van der Waals surface area contributed by atoms with Crippen LogP contribution in [-0.2, 0) is 9.31 Å². The first kappa shape index (κ1) is 19.9. The lowest BCUT2D eigenvalue weighted by molar-refractivity contribution is 0.00578. The number of hydrogen-bond donors (Lipinski definition) is 1. The number of fused-ring (bicyclic) bond motifs is 1. The third kappa shape index (κ3) is 3.18. The highest BCUT2D eigenvalue weighted by Crippen LogP contribution is 2.37. The molecule has 8 heteroatoms. The normalized spacial score (nSPS) is 26.7. The van der Waals surface area contributed by atoms with Gasteiger partial charge in [0.2, 0.25) is 0 Å². The Balaban J connectivity index is 1.79. The van der Waals surface area contributed by atoms with Crippen LogP contribution in [0.2, 0.25) is 5.02 Å². The number of benzene rings is 1. The summed E-state index contributed by atoms with van der Waals surface area (Å²) in [6.07, 6.45) is 4.40. The van der Waals surface area contributed by atoms with Crippen molar-refractivity contribution in [3.8, 4) is 0 Å². The van der Waals surface area contributed by atoms with Crippen LogP contribution in [0.5, 0.6) is 0 Å². The van der Waals surface area contributed by atoms with Crippen LogP contribution in [-0.4, -0.2) is 39.1 Å². The minimum atomic E-state index is -0.611. The summed E-state index contributed by atoms with van der Waals surface area (Å²) in [6, 6.07) is 3.25. The summed E-state index contributed by atoms with van der Waals surface area (Å²) in [4.78, 5) is 17.6. The lowest BCUT2D eigenvalue weighted by Crippen LogP contribution is -2.41. The third-order valence-corrected chi connectivity index (χ3v) is 6.73. The molecule has 2 atom stereocenters. The Labute approximate surface area is 170 Å². The maximum atomic E-state index is 13.2. The number of nitrogens with zero attached hydrogens (tertiary/aromatic N) is 2. The van der Waals surface area contributed by atoms with Crippen LogP contribution < -0.4 is 11.0 Å². The fraction of sp³-hybridized carbons (Fsp3) is 0.600. The minimum Gasteiger partial charge on any atom is -0.399 e. The summed E-state index contributed by atoms with van der Waals surface area (Å²) in [5, 5.41) is 11.2. The highest BCUT2D eigenvalue weighted by molar-refractivity contribution is 6.63. The number of aliphatic hydroxyl groups excluding tert-OH is 1. The van der Waals surface area contributed by atoms with Crippen molar-refractivity contribution < 1.29 is 14.4 Å². The summed E-state index contributed by atoms with van der Waals surface area (Å²) >= 11 is 6.45. The van der Waals surface area contributed by atoms with E-state index in [0.29, 0.717) is 27.8 Å². The Hall–Kier alpha value is -1.41. The number of halogens is 1. The van der Waals surface area contributed by atoms with Crippen molar-refractivity contribution in [3.63, 3.8) is 0 Å². The molecule has 1 N–H and O–H groups in total. The van der Waals surface area contributed by atoms with Crippen molar-refractivity contribution in [2.24, 2.45) is 0 Å². The predicted octanol–water partition coefficient (Wildman–Crippen LogP) is 2.83. The second-order valence-corrected chi connectivity index (χ2v) is 9.27. The van der Waals surface area contributed by atoms with Gasteiger partial charge < -0.3 is 14.4 Å². The molecular formula is C20H26BClN2O4. The maximum absolute atomic E-state index is 13.2. The average molecular weight is 405 g/mol. The van der Waals surface area contributed by atoms with Crippen LogP contribution in [0, 0.1) is 0 Å². The zero-order chi connectivity index (χ0) is 20.3. The molecule has 1 aromatic heterocycles. The highest BCUT2D eigenvalue weighted by Gasteiger charge is 2.51. The largest absolute Gasteiger partial charge is 0.494 e. The molecule has 1 aliphatic carbocycles. The number of aliphatic hydroxyl groups is 1. The average Bonchev–Trinajstić information content (AvgIpc) is 2.84. The summed E-state index contributed by atoms with van der Waals surface area (Å²) in [5.74, 6) is 0. The first-order valence-electron chi connectivity index (χ1n) is 9.85. The molecule has 6 nitrogen and oxygen atoms in total. The van der Waals surface area contributed by atoms with Crippen LogP contribution in [0.15, 0.2) is 23.3 Å².